The van der Waals surface area contributed by atoms with E-state index in [4.69, 9.17) is 0 Å². The number of hydrogen-bond acceptors (Lipinski definition) is 0. The molecule has 0 N–H and O–H groups in total. The van der Waals surface area contributed by atoms with Crippen LogP contribution >= 0.6 is 0 Å². The molecule has 0 aliphatic heterocycles. The topological polar surface area (TPSA) is 0 Å². The molecule has 0 amide bonds. The van der Waals surface area contributed by atoms with E-state index in [1.165, 1.54) is 66.1 Å². The zero-order valence-corrected chi connectivity index (χ0v) is 32.5. The van der Waals surface area contributed by atoms with Gasteiger partial charge in [0.15, 0.2) is 0 Å². The van der Waals surface area contributed by atoms with Gasteiger partial charge in [0.1, 0.15) is 0 Å². The largest absolute Gasteiger partial charge is 1.00 e. The molecule has 0 aliphatic rings. The summed E-state index contributed by atoms with van der Waals surface area (Å²) in [4.78, 5) is 0. The van der Waals surface area contributed by atoms with E-state index in [1.54, 1.807) is 23.3 Å². The van der Waals surface area contributed by atoms with Crippen molar-refractivity contribution in [3.63, 3.8) is 0 Å². The maximum absolute atomic E-state index is 2.42. The maximum atomic E-state index is 2.42. The molecule has 0 aromatic heterocycles. The molecule has 0 unspecified atom stereocenters. The third-order valence-corrected chi connectivity index (χ3v) is 7.47. The molecule has 0 nitrogen and oxygen atoms in total. The predicted octanol–water partition coefficient (Wildman–Crippen LogP) is 5.64. The Morgan fingerprint density at radius 2 is 0.775 bits per heavy atom. The maximum Gasteiger partial charge on any atom is -0.0303 e. The Balaban J connectivity index is 0.000000643. The first-order chi connectivity index (χ1) is 17.6. The molecule has 0 saturated heterocycles. The zero-order valence-electron chi connectivity index (χ0n) is 27.5. The van der Waals surface area contributed by atoms with Gasteiger partial charge in [0.2, 0.25) is 0 Å². The molecule has 220 valence electrons. The Morgan fingerprint density at radius 1 is 0.525 bits per heavy atom. The molecule has 0 spiro atoms. The Bertz CT molecular complexity index is 1290. The van der Waals surface area contributed by atoms with Crippen molar-refractivity contribution in [1.29, 1.82) is 0 Å². The smallest absolute Gasteiger partial charge is 0.0303 e. The average molecular weight is 675 g/mol. The van der Waals surface area contributed by atoms with Crippen LogP contribution in [0.15, 0.2) is 36.4 Å². The third kappa shape index (κ3) is 9.69. The van der Waals surface area contributed by atoms with Crippen LogP contribution in [0.4, 0.5) is 0 Å². The van der Waals surface area contributed by atoms with Gasteiger partial charge >= 0.3 is 41.9 Å². The van der Waals surface area contributed by atoms with Crippen molar-refractivity contribution in [3.05, 3.63) is 80.9 Å². The summed E-state index contributed by atoms with van der Waals surface area (Å²) < 4.78 is 0. The molecule has 0 aliphatic carbocycles. The standard InChI is InChI=1S/2C17H23.C2H6Si.2ClH.Zr/c2*1-10(2)14-9-15(11(3)4)17-8-12(5)7-16(17)13(14)6;1-3-2;;;/h2*7-11H,1-6H3;1-2H3;2*1H;/q2*-1;;;;+2/p-2. The van der Waals surface area contributed by atoms with Gasteiger partial charge in [-0.15, -0.1) is 55.9 Å². The summed E-state index contributed by atoms with van der Waals surface area (Å²) in [7, 11) is 0. The summed E-state index contributed by atoms with van der Waals surface area (Å²) in [6.45, 7) is 31.8. The van der Waals surface area contributed by atoms with Crippen molar-refractivity contribution >= 4 is 27.0 Å². The molecule has 0 bridgehead atoms. The van der Waals surface area contributed by atoms with Gasteiger partial charge in [0.25, 0.3) is 0 Å². The van der Waals surface area contributed by atoms with Gasteiger partial charge in [-0.2, -0.15) is 12.1 Å². The number of rotatable bonds is 4. The van der Waals surface area contributed by atoms with Crippen molar-refractivity contribution in [2.75, 3.05) is 0 Å². The van der Waals surface area contributed by atoms with E-state index in [0.29, 0.717) is 23.7 Å². The molecule has 4 aromatic carbocycles. The van der Waals surface area contributed by atoms with Gasteiger partial charge < -0.3 is 24.8 Å². The fourth-order valence-corrected chi connectivity index (χ4v) is 5.58. The minimum atomic E-state index is 0. The summed E-state index contributed by atoms with van der Waals surface area (Å²) in [5.74, 6) is 2.40. The molecule has 0 radical (unpaired) electrons. The number of aryl methyl sites for hydroxylation is 4. The van der Waals surface area contributed by atoms with E-state index in [-0.39, 0.29) is 30.2 Å². The summed E-state index contributed by atoms with van der Waals surface area (Å²) in [6.07, 6.45) is 0. The molecule has 0 atom stereocenters. The third-order valence-electron chi connectivity index (χ3n) is 7.47. The summed E-state index contributed by atoms with van der Waals surface area (Å²) in [5, 5.41) is 5.83. The molecule has 0 heterocycles. The van der Waals surface area contributed by atoms with Crippen LogP contribution in [0.2, 0.25) is 13.1 Å². The second-order valence-corrected chi connectivity index (χ2v) is 22.1. The van der Waals surface area contributed by atoms with Gasteiger partial charge in [-0.3, -0.25) is 0 Å². The first-order valence-electron chi connectivity index (χ1n) is 14.5. The quantitative estimate of drug-likeness (QED) is 0.194. The van der Waals surface area contributed by atoms with E-state index in [0.717, 1.165) is 0 Å². The van der Waals surface area contributed by atoms with Gasteiger partial charge in [0.05, 0.1) is 0 Å². The van der Waals surface area contributed by atoms with Crippen LogP contribution < -0.4 is 24.8 Å². The van der Waals surface area contributed by atoms with Crippen LogP contribution in [0, 0.1) is 27.7 Å². The Kier molecular flexibility index (Phi) is 16.6. The average Bonchev–Trinajstić information content (AvgIpc) is 3.36. The van der Waals surface area contributed by atoms with E-state index >= 15 is 0 Å². The monoisotopic (exact) mass is 672 g/mol. The summed E-state index contributed by atoms with van der Waals surface area (Å²) in [5.41, 5.74) is 11.9. The summed E-state index contributed by atoms with van der Waals surface area (Å²) >= 11 is 1.74. The molecule has 0 fully saturated rings. The Morgan fingerprint density at radius 3 is 1.00 bits per heavy atom. The van der Waals surface area contributed by atoms with Crippen LogP contribution in [0.25, 0.3) is 21.5 Å². The van der Waals surface area contributed by atoms with E-state index < -0.39 is 0 Å². The fourth-order valence-electron chi connectivity index (χ4n) is 5.58. The van der Waals surface area contributed by atoms with E-state index in [2.05, 4.69) is 133 Å². The van der Waals surface area contributed by atoms with Crippen LogP contribution in [0.1, 0.15) is 124 Å². The van der Waals surface area contributed by atoms with Crippen LogP contribution in [-0.2, 0) is 23.3 Å². The second-order valence-electron chi connectivity index (χ2n) is 12.7. The van der Waals surface area contributed by atoms with Gasteiger partial charge in [-0.25, -0.2) is 0 Å². The number of hydrogen-bond donors (Lipinski definition) is 0. The summed E-state index contributed by atoms with van der Waals surface area (Å²) in [6, 6.07) is 14.2. The van der Waals surface area contributed by atoms with E-state index in [1.807, 2.05) is 0 Å². The minimum absolute atomic E-state index is 0. The fraction of sp³-hybridized carbons (Fsp3) is 0.500. The van der Waals surface area contributed by atoms with E-state index in [9.17, 15) is 0 Å². The van der Waals surface area contributed by atoms with Crippen LogP contribution in [0.5, 0.6) is 0 Å². The minimum Gasteiger partial charge on any atom is -1.00 e. The van der Waals surface area contributed by atoms with Crippen molar-refractivity contribution in [3.8, 4) is 0 Å². The molecule has 4 aromatic rings. The molecule has 0 saturated carbocycles. The normalized spacial score (nSPS) is 10.9. The second kappa shape index (κ2) is 16.8. The Hall–Kier alpha value is -0.660. The van der Waals surface area contributed by atoms with Crippen molar-refractivity contribution in [1.82, 2.24) is 0 Å². The Labute approximate surface area is 274 Å². The van der Waals surface area contributed by atoms with Gasteiger partial charge in [-0.1, -0.05) is 117 Å². The molecular weight excluding hydrogens is 623 g/mol. The molecular formula is C36H52Cl2SiZr-2. The van der Waals surface area contributed by atoms with Crippen molar-refractivity contribution in [2.24, 2.45) is 0 Å². The molecule has 4 rings (SSSR count). The number of halogens is 2. The number of fused-ring (bicyclic) bond motifs is 2. The van der Waals surface area contributed by atoms with Crippen molar-refractivity contribution in [2.45, 2.75) is 120 Å². The number of benzene rings is 2. The van der Waals surface area contributed by atoms with Crippen molar-refractivity contribution < 1.29 is 48.1 Å². The van der Waals surface area contributed by atoms with Crippen LogP contribution in [0.3, 0.4) is 0 Å². The van der Waals surface area contributed by atoms with Crippen LogP contribution in [-0.4, -0.2) is 5.43 Å². The van der Waals surface area contributed by atoms with Gasteiger partial charge in [0, 0.05) is 0 Å². The molecule has 40 heavy (non-hydrogen) atoms. The molecule has 4 heteroatoms. The first-order valence-corrected chi connectivity index (χ1v) is 20.7. The zero-order chi connectivity index (χ0) is 29.1. The SMILES string of the molecule is C[Si](C)=[Zr+2].Cc1cc2c(C(C)C)cc(C(C)C)c(C)c2[cH-]1.Cc1cc2c(C(C)C)cc(C(C)C)c(C)c2[cH-]1.[Cl-].[Cl-]. The van der Waals surface area contributed by atoms with Gasteiger partial charge in [-0.05, 0) is 23.7 Å². The first kappa shape index (κ1) is 39.3. The predicted molar refractivity (Wildman–Crippen MR) is 172 cm³/mol.